The molecule has 0 aliphatic rings. The van der Waals surface area contributed by atoms with Crippen molar-refractivity contribution in [2.45, 2.75) is 40.0 Å². The summed E-state index contributed by atoms with van der Waals surface area (Å²) in [6.07, 6.45) is 2.43. The van der Waals surface area contributed by atoms with Gasteiger partial charge >= 0.3 is 5.97 Å². The smallest absolute Gasteiger partial charge is 0.331 e. The van der Waals surface area contributed by atoms with Gasteiger partial charge in [0.1, 0.15) is 0 Å². The minimum Gasteiger partial charge on any atom is -0.452 e. The zero-order valence-electron chi connectivity index (χ0n) is 13.1. The van der Waals surface area contributed by atoms with Gasteiger partial charge in [0.25, 0.3) is 5.91 Å². The Morgan fingerprint density at radius 1 is 1.24 bits per heavy atom. The van der Waals surface area contributed by atoms with Crippen molar-refractivity contribution in [1.29, 1.82) is 0 Å². The molecule has 1 rings (SSSR count). The standard InChI is InChI=1S/C17H23NO3/c1-5-13(4)14-6-8-15(9-7-14)18-16(19)11-21-17(20)10-12(2)3/h6-10,13H,5,11H2,1-4H3,(H,18,19)/t13-/m0/s1. The predicted octanol–water partition coefficient (Wildman–Crippen LogP) is 3.65. The first kappa shape index (κ1) is 17.0. The van der Waals surface area contributed by atoms with E-state index in [1.165, 1.54) is 11.6 Å². The second kappa shape index (κ2) is 8.25. The van der Waals surface area contributed by atoms with Gasteiger partial charge in [0.2, 0.25) is 0 Å². The Labute approximate surface area is 126 Å². The topological polar surface area (TPSA) is 55.4 Å². The summed E-state index contributed by atoms with van der Waals surface area (Å²) in [4.78, 5) is 23.0. The lowest BCUT2D eigenvalue weighted by molar-refractivity contribution is -0.142. The molecule has 1 aromatic rings. The molecule has 1 atom stereocenters. The Hall–Kier alpha value is -2.10. The minimum atomic E-state index is -0.503. The zero-order valence-corrected chi connectivity index (χ0v) is 13.1. The van der Waals surface area contributed by atoms with E-state index in [2.05, 4.69) is 19.2 Å². The van der Waals surface area contributed by atoms with Crippen LogP contribution in [0.1, 0.15) is 45.6 Å². The summed E-state index contributed by atoms with van der Waals surface area (Å²) in [7, 11) is 0. The van der Waals surface area contributed by atoms with Crippen LogP contribution >= 0.6 is 0 Å². The van der Waals surface area contributed by atoms with Gasteiger partial charge in [-0.1, -0.05) is 31.6 Å². The summed E-state index contributed by atoms with van der Waals surface area (Å²) < 4.78 is 4.84. The van der Waals surface area contributed by atoms with E-state index < -0.39 is 5.97 Å². The summed E-state index contributed by atoms with van der Waals surface area (Å²) in [6.45, 7) is 7.60. The van der Waals surface area contributed by atoms with E-state index in [-0.39, 0.29) is 12.5 Å². The van der Waals surface area contributed by atoms with Gasteiger partial charge in [-0.2, -0.15) is 0 Å². The van der Waals surface area contributed by atoms with Gasteiger partial charge in [-0.25, -0.2) is 4.79 Å². The van der Waals surface area contributed by atoms with Crippen molar-refractivity contribution in [2.75, 3.05) is 11.9 Å². The summed E-state index contributed by atoms with van der Waals surface area (Å²) in [6, 6.07) is 7.71. The molecular weight excluding hydrogens is 266 g/mol. The predicted molar refractivity (Wildman–Crippen MR) is 84.2 cm³/mol. The largest absolute Gasteiger partial charge is 0.452 e. The molecule has 1 amide bonds. The van der Waals surface area contributed by atoms with Gasteiger partial charge in [-0.3, -0.25) is 4.79 Å². The van der Waals surface area contributed by atoms with Crippen molar-refractivity contribution >= 4 is 17.6 Å². The number of hydrogen-bond acceptors (Lipinski definition) is 3. The highest BCUT2D eigenvalue weighted by molar-refractivity contribution is 5.93. The fraction of sp³-hybridized carbons (Fsp3) is 0.412. The van der Waals surface area contributed by atoms with Gasteiger partial charge < -0.3 is 10.1 Å². The Kier molecular flexibility index (Phi) is 6.66. The highest BCUT2D eigenvalue weighted by atomic mass is 16.5. The molecule has 4 nitrogen and oxygen atoms in total. The first-order valence-corrected chi connectivity index (χ1v) is 7.13. The number of carbonyl (C=O) groups is 2. The van der Waals surface area contributed by atoms with Crippen molar-refractivity contribution in [3.8, 4) is 0 Å². The molecule has 0 unspecified atom stereocenters. The molecule has 0 bridgehead atoms. The molecule has 0 radical (unpaired) electrons. The average molecular weight is 289 g/mol. The zero-order chi connectivity index (χ0) is 15.8. The molecule has 0 aromatic heterocycles. The molecule has 114 valence electrons. The number of carbonyl (C=O) groups excluding carboxylic acids is 2. The van der Waals surface area contributed by atoms with Crippen molar-refractivity contribution < 1.29 is 14.3 Å². The SMILES string of the molecule is CC[C@H](C)c1ccc(NC(=O)COC(=O)C=C(C)C)cc1. The normalized spacial score (nSPS) is 11.4. The first-order chi connectivity index (χ1) is 9.92. The van der Waals surface area contributed by atoms with Crippen LogP contribution in [0.3, 0.4) is 0 Å². The Morgan fingerprint density at radius 3 is 2.38 bits per heavy atom. The molecule has 0 saturated carbocycles. The maximum absolute atomic E-state index is 11.7. The molecule has 1 N–H and O–H groups in total. The highest BCUT2D eigenvalue weighted by Crippen LogP contribution is 2.20. The molecule has 0 heterocycles. The molecular formula is C17H23NO3. The number of ether oxygens (including phenoxy) is 1. The van der Waals surface area contributed by atoms with Crippen molar-refractivity contribution in [3.05, 3.63) is 41.5 Å². The van der Waals surface area contributed by atoms with Crippen LogP contribution in [-0.4, -0.2) is 18.5 Å². The number of nitrogens with one attached hydrogen (secondary N) is 1. The van der Waals surface area contributed by atoms with Gasteiger partial charge in [0, 0.05) is 11.8 Å². The first-order valence-electron chi connectivity index (χ1n) is 7.13. The quantitative estimate of drug-likeness (QED) is 0.642. The third-order valence-electron chi connectivity index (χ3n) is 3.13. The molecule has 0 aliphatic carbocycles. The highest BCUT2D eigenvalue weighted by Gasteiger charge is 2.07. The number of esters is 1. The van der Waals surface area contributed by atoms with E-state index >= 15 is 0 Å². The second-order valence-corrected chi connectivity index (χ2v) is 5.31. The molecule has 4 heteroatoms. The van der Waals surface area contributed by atoms with E-state index in [1.807, 2.05) is 24.3 Å². The lowest BCUT2D eigenvalue weighted by atomic mass is 9.99. The molecule has 0 aliphatic heterocycles. The van der Waals surface area contributed by atoms with Gasteiger partial charge in [0.05, 0.1) is 0 Å². The monoisotopic (exact) mass is 289 g/mol. The van der Waals surface area contributed by atoms with Crippen LogP contribution in [0, 0.1) is 0 Å². The molecule has 0 saturated heterocycles. The van der Waals surface area contributed by atoms with Crippen LogP contribution in [0.15, 0.2) is 35.9 Å². The fourth-order valence-electron chi connectivity index (χ4n) is 1.74. The van der Waals surface area contributed by atoms with Crippen molar-refractivity contribution in [3.63, 3.8) is 0 Å². The van der Waals surface area contributed by atoms with Gasteiger partial charge in [0.15, 0.2) is 6.61 Å². The molecule has 21 heavy (non-hydrogen) atoms. The maximum Gasteiger partial charge on any atom is 0.331 e. The molecule has 0 fully saturated rings. The van der Waals surface area contributed by atoms with Crippen LogP contribution in [0.2, 0.25) is 0 Å². The Balaban J connectivity index is 2.48. The van der Waals surface area contributed by atoms with Gasteiger partial charge in [-0.05, 0) is 43.9 Å². The Bertz CT molecular complexity index is 513. The maximum atomic E-state index is 11.7. The molecule has 0 spiro atoms. The third kappa shape index (κ3) is 6.25. The van der Waals surface area contributed by atoms with Crippen LogP contribution in [0.4, 0.5) is 5.69 Å². The lowest BCUT2D eigenvalue weighted by Crippen LogP contribution is -2.20. The van der Waals surface area contributed by atoms with Crippen molar-refractivity contribution in [2.24, 2.45) is 0 Å². The average Bonchev–Trinajstić information content (AvgIpc) is 2.44. The minimum absolute atomic E-state index is 0.282. The number of hydrogen-bond donors (Lipinski definition) is 1. The second-order valence-electron chi connectivity index (χ2n) is 5.31. The van der Waals surface area contributed by atoms with E-state index in [9.17, 15) is 9.59 Å². The van der Waals surface area contributed by atoms with Crippen LogP contribution < -0.4 is 5.32 Å². The van der Waals surface area contributed by atoms with E-state index in [0.717, 1.165) is 12.0 Å². The summed E-state index contributed by atoms with van der Waals surface area (Å²) >= 11 is 0. The number of anilines is 1. The van der Waals surface area contributed by atoms with Crippen LogP contribution in [0.5, 0.6) is 0 Å². The lowest BCUT2D eigenvalue weighted by Gasteiger charge is -2.10. The van der Waals surface area contributed by atoms with Gasteiger partial charge in [-0.15, -0.1) is 0 Å². The van der Waals surface area contributed by atoms with Crippen molar-refractivity contribution in [1.82, 2.24) is 0 Å². The summed E-state index contributed by atoms with van der Waals surface area (Å²) in [5.41, 5.74) is 2.77. The Morgan fingerprint density at radius 2 is 1.86 bits per heavy atom. The van der Waals surface area contributed by atoms with Crippen LogP contribution in [0.25, 0.3) is 0 Å². The number of benzene rings is 1. The summed E-state index contributed by atoms with van der Waals surface area (Å²) in [5.74, 6) is -0.348. The van der Waals surface area contributed by atoms with E-state index in [0.29, 0.717) is 11.6 Å². The number of amides is 1. The number of rotatable bonds is 6. The summed E-state index contributed by atoms with van der Waals surface area (Å²) in [5, 5.41) is 2.70. The fourth-order valence-corrected chi connectivity index (χ4v) is 1.74. The van der Waals surface area contributed by atoms with E-state index in [1.54, 1.807) is 13.8 Å². The number of allylic oxidation sites excluding steroid dienone is 1. The molecule has 1 aromatic carbocycles. The third-order valence-corrected chi connectivity index (χ3v) is 3.13. The van der Waals surface area contributed by atoms with E-state index in [4.69, 9.17) is 4.74 Å². The van der Waals surface area contributed by atoms with Crippen LogP contribution in [-0.2, 0) is 14.3 Å².